The van der Waals surface area contributed by atoms with E-state index in [0.717, 1.165) is 0 Å². The van der Waals surface area contributed by atoms with Crippen LogP contribution < -0.4 is 5.32 Å². The topological polar surface area (TPSA) is 38.3 Å². The van der Waals surface area contributed by atoms with Crippen LogP contribution in [-0.4, -0.2) is 23.6 Å². The fourth-order valence-corrected chi connectivity index (χ4v) is 2.02. The van der Waals surface area contributed by atoms with E-state index in [1.807, 2.05) is 13.8 Å². The number of hydrogen-bond donors (Lipinski definition) is 1. The Morgan fingerprint density at radius 2 is 2.23 bits per heavy atom. The van der Waals surface area contributed by atoms with Gasteiger partial charge in [-0.15, -0.1) is 0 Å². The molecule has 3 nitrogen and oxygen atoms in total. The fourth-order valence-electron chi connectivity index (χ4n) is 1.53. The molecule has 3 unspecified atom stereocenters. The lowest BCUT2D eigenvalue weighted by Gasteiger charge is -2.13. The summed E-state index contributed by atoms with van der Waals surface area (Å²) in [5.74, 6) is -0.214. The van der Waals surface area contributed by atoms with Gasteiger partial charge in [0.15, 0.2) is 0 Å². The van der Waals surface area contributed by atoms with Crippen LogP contribution in [0.25, 0.3) is 0 Å². The number of thiocarbonyl (C=S) groups is 1. The molecule has 1 N–H and O–H groups in total. The number of ether oxygens (including phenoxy) is 1. The maximum Gasteiger partial charge on any atom is 0.316 e. The summed E-state index contributed by atoms with van der Waals surface area (Å²) in [6, 6.07) is 0.266. The van der Waals surface area contributed by atoms with Gasteiger partial charge in [-0.2, -0.15) is 0 Å². The molecule has 0 aromatic heterocycles. The van der Waals surface area contributed by atoms with Crippen molar-refractivity contribution in [3.63, 3.8) is 0 Å². The summed E-state index contributed by atoms with van der Waals surface area (Å²) in [6.07, 6.45) is 0. The van der Waals surface area contributed by atoms with Crippen molar-refractivity contribution in [3.05, 3.63) is 0 Å². The molecule has 0 aromatic carbocycles. The van der Waals surface area contributed by atoms with Gasteiger partial charge in [-0.05, 0) is 19.8 Å². The van der Waals surface area contributed by atoms with E-state index in [0.29, 0.717) is 11.6 Å². The van der Waals surface area contributed by atoms with Crippen LogP contribution in [0.2, 0.25) is 0 Å². The smallest absolute Gasteiger partial charge is 0.316 e. The summed E-state index contributed by atoms with van der Waals surface area (Å²) in [4.78, 5) is 12.1. The predicted octanol–water partition coefficient (Wildman–Crippen LogP) is 1.12. The number of rotatable bonds is 2. The number of hydrogen-bond acceptors (Lipinski definition) is 3. The van der Waals surface area contributed by atoms with Crippen molar-refractivity contribution in [3.8, 4) is 0 Å². The fraction of sp³-hybridized carbons (Fsp3) is 0.778. The molecule has 1 aliphatic rings. The van der Waals surface area contributed by atoms with Gasteiger partial charge in [0.25, 0.3) is 0 Å². The lowest BCUT2D eigenvalue weighted by Crippen LogP contribution is -2.27. The summed E-state index contributed by atoms with van der Waals surface area (Å²) >= 11 is 5.07. The minimum Gasteiger partial charge on any atom is -0.465 e. The molecule has 13 heavy (non-hydrogen) atoms. The van der Waals surface area contributed by atoms with Crippen LogP contribution >= 0.6 is 12.2 Å². The molecule has 4 heteroatoms. The molecule has 0 spiro atoms. The van der Waals surface area contributed by atoms with E-state index in [9.17, 15) is 4.79 Å². The molecule has 0 amide bonds. The Balaban J connectivity index is 2.68. The van der Waals surface area contributed by atoms with Crippen molar-refractivity contribution < 1.29 is 9.53 Å². The second-order valence-electron chi connectivity index (χ2n) is 3.39. The Morgan fingerprint density at radius 3 is 2.62 bits per heavy atom. The summed E-state index contributed by atoms with van der Waals surface area (Å²) in [7, 11) is 0. The van der Waals surface area contributed by atoms with Crippen molar-refractivity contribution in [2.45, 2.75) is 26.8 Å². The van der Waals surface area contributed by atoms with Gasteiger partial charge in [-0.3, -0.25) is 4.79 Å². The molecule has 1 fully saturated rings. The molecule has 0 saturated carbocycles. The summed E-state index contributed by atoms with van der Waals surface area (Å²) in [5.41, 5.74) is 0. The maximum atomic E-state index is 11.5. The average Bonchev–Trinajstić information content (AvgIpc) is 2.27. The second kappa shape index (κ2) is 4.05. The quantitative estimate of drug-likeness (QED) is 0.537. The van der Waals surface area contributed by atoms with Gasteiger partial charge in [0.05, 0.1) is 11.6 Å². The first kappa shape index (κ1) is 10.4. The van der Waals surface area contributed by atoms with Gasteiger partial charge in [0.1, 0.15) is 5.92 Å². The van der Waals surface area contributed by atoms with E-state index in [-0.39, 0.29) is 23.8 Å². The highest BCUT2D eigenvalue weighted by Gasteiger charge is 2.39. The molecule has 0 aromatic rings. The monoisotopic (exact) mass is 201 g/mol. The van der Waals surface area contributed by atoms with Crippen LogP contribution in [0.15, 0.2) is 0 Å². The van der Waals surface area contributed by atoms with Crippen molar-refractivity contribution >= 4 is 23.2 Å². The van der Waals surface area contributed by atoms with Gasteiger partial charge in [-0.25, -0.2) is 0 Å². The molecule has 1 rings (SSSR count). The zero-order valence-corrected chi connectivity index (χ0v) is 8.98. The van der Waals surface area contributed by atoms with E-state index in [2.05, 4.69) is 5.32 Å². The Bertz CT molecular complexity index is 230. The first-order valence-electron chi connectivity index (χ1n) is 4.55. The van der Waals surface area contributed by atoms with Crippen LogP contribution in [0, 0.1) is 11.8 Å². The van der Waals surface area contributed by atoms with Crippen LogP contribution in [-0.2, 0) is 9.53 Å². The summed E-state index contributed by atoms with van der Waals surface area (Å²) < 4.78 is 4.95. The van der Waals surface area contributed by atoms with E-state index < -0.39 is 0 Å². The van der Waals surface area contributed by atoms with E-state index in [1.165, 1.54) is 0 Å². The Labute approximate surface area is 83.8 Å². The number of nitrogens with one attached hydrogen (secondary N) is 1. The third-order valence-corrected chi connectivity index (χ3v) is 2.88. The highest BCUT2D eigenvalue weighted by atomic mass is 32.1. The highest BCUT2D eigenvalue weighted by molar-refractivity contribution is 7.80. The second-order valence-corrected chi connectivity index (χ2v) is 3.83. The lowest BCUT2D eigenvalue weighted by atomic mass is 9.93. The van der Waals surface area contributed by atoms with Crippen LogP contribution in [0.5, 0.6) is 0 Å². The minimum atomic E-state index is -0.245. The highest BCUT2D eigenvalue weighted by Crippen LogP contribution is 2.24. The average molecular weight is 201 g/mol. The molecule has 1 heterocycles. The SMILES string of the molecule is CCOC(=O)C1C(=S)NC(C)C1C. The first-order chi connectivity index (χ1) is 6.07. The van der Waals surface area contributed by atoms with Gasteiger partial charge >= 0.3 is 5.97 Å². The molecule has 0 radical (unpaired) electrons. The maximum absolute atomic E-state index is 11.5. The molecule has 0 bridgehead atoms. The van der Waals surface area contributed by atoms with Crippen LogP contribution in [0.4, 0.5) is 0 Å². The van der Waals surface area contributed by atoms with E-state index >= 15 is 0 Å². The predicted molar refractivity (Wildman–Crippen MR) is 54.5 cm³/mol. The molecule has 0 aliphatic carbocycles. The zero-order chi connectivity index (χ0) is 10.0. The standard InChI is InChI=1S/C9H15NO2S/c1-4-12-9(11)7-5(2)6(3)10-8(7)13/h5-7H,4H2,1-3H3,(H,10,13). The molecule has 74 valence electrons. The first-order valence-corrected chi connectivity index (χ1v) is 4.95. The third-order valence-electron chi connectivity index (χ3n) is 2.51. The lowest BCUT2D eigenvalue weighted by molar-refractivity contribution is -0.146. The number of carbonyl (C=O) groups is 1. The molecule has 1 aliphatic heterocycles. The largest absolute Gasteiger partial charge is 0.465 e. The van der Waals surface area contributed by atoms with Gasteiger partial charge in [0, 0.05) is 6.04 Å². The molecular formula is C9H15NO2S. The molecular weight excluding hydrogens is 186 g/mol. The van der Waals surface area contributed by atoms with Gasteiger partial charge in [0.2, 0.25) is 0 Å². The number of esters is 1. The van der Waals surface area contributed by atoms with Crippen molar-refractivity contribution in [2.75, 3.05) is 6.61 Å². The summed E-state index contributed by atoms with van der Waals surface area (Å²) in [5, 5.41) is 3.09. The van der Waals surface area contributed by atoms with Crippen LogP contribution in [0.3, 0.4) is 0 Å². The Hall–Kier alpha value is -0.640. The van der Waals surface area contributed by atoms with Gasteiger partial charge < -0.3 is 10.1 Å². The normalized spacial score (nSPS) is 32.8. The van der Waals surface area contributed by atoms with Crippen molar-refractivity contribution in [2.24, 2.45) is 11.8 Å². The van der Waals surface area contributed by atoms with Gasteiger partial charge in [-0.1, -0.05) is 19.1 Å². The van der Waals surface area contributed by atoms with Crippen molar-refractivity contribution in [1.82, 2.24) is 5.32 Å². The Morgan fingerprint density at radius 1 is 1.62 bits per heavy atom. The number of carbonyl (C=O) groups excluding carboxylic acids is 1. The van der Waals surface area contributed by atoms with E-state index in [1.54, 1.807) is 6.92 Å². The molecule has 3 atom stereocenters. The van der Waals surface area contributed by atoms with Crippen molar-refractivity contribution in [1.29, 1.82) is 0 Å². The zero-order valence-electron chi connectivity index (χ0n) is 8.16. The summed E-state index contributed by atoms with van der Waals surface area (Å²) in [6.45, 7) is 6.26. The Kier molecular flexibility index (Phi) is 3.25. The van der Waals surface area contributed by atoms with Crippen LogP contribution in [0.1, 0.15) is 20.8 Å². The molecule has 1 saturated heterocycles. The van der Waals surface area contributed by atoms with E-state index in [4.69, 9.17) is 17.0 Å². The minimum absolute atomic E-state index is 0.197. The third kappa shape index (κ3) is 1.99.